The Morgan fingerprint density at radius 1 is 0.909 bits per heavy atom. The lowest BCUT2D eigenvalue weighted by molar-refractivity contribution is 0.104. The molecular weight excluding hydrogens is 460 g/mol. The van der Waals surface area contributed by atoms with Gasteiger partial charge in [0.15, 0.2) is 0 Å². The van der Waals surface area contributed by atoms with E-state index in [4.69, 9.17) is 9.47 Å². The van der Waals surface area contributed by atoms with E-state index in [2.05, 4.69) is 17.4 Å². The first-order valence-corrected chi connectivity index (χ1v) is 12.4. The maximum atomic E-state index is 12.9. The van der Waals surface area contributed by atoms with Crippen LogP contribution in [0.4, 0.5) is 4.79 Å². The Morgan fingerprint density at radius 3 is 2.18 bits per heavy atom. The normalized spacial score (nSPS) is 18.2. The molecule has 1 amide bonds. The van der Waals surface area contributed by atoms with Crippen LogP contribution < -0.4 is 9.46 Å². The summed E-state index contributed by atoms with van der Waals surface area (Å²) >= 11 is 4.48. The molecule has 9 heteroatoms. The summed E-state index contributed by atoms with van der Waals surface area (Å²) in [6.07, 6.45) is -0.498. The number of ether oxygens (including phenoxy) is 2. The van der Waals surface area contributed by atoms with Crippen LogP contribution in [0, 0.1) is 0 Å². The van der Waals surface area contributed by atoms with Gasteiger partial charge in [0.25, 0.3) is 0 Å². The lowest BCUT2D eigenvalue weighted by Gasteiger charge is -2.17. The van der Waals surface area contributed by atoms with Crippen molar-refractivity contribution < 1.29 is 22.7 Å². The third-order valence-electron chi connectivity index (χ3n) is 5.17. The van der Waals surface area contributed by atoms with Crippen LogP contribution in [0.3, 0.4) is 0 Å². The number of thiol groups is 1. The Balaban J connectivity index is 1.34. The lowest BCUT2D eigenvalue weighted by Crippen LogP contribution is -2.41. The summed E-state index contributed by atoms with van der Waals surface area (Å²) in [6, 6.07) is 24.2. The first kappa shape index (κ1) is 23.2. The quantitative estimate of drug-likeness (QED) is 0.494. The fourth-order valence-electron chi connectivity index (χ4n) is 3.44. The Hall–Kier alpha value is -3.01. The molecule has 3 aromatic rings. The highest BCUT2D eigenvalue weighted by Crippen LogP contribution is 2.24. The maximum absolute atomic E-state index is 12.9. The summed E-state index contributed by atoms with van der Waals surface area (Å²) in [6.45, 7) is 0.616. The first-order chi connectivity index (χ1) is 15.9. The molecular formula is C24H24N2O5S2. The molecule has 1 aliphatic rings. The minimum atomic E-state index is -3.80. The maximum Gasteiger partial charge on any atom is 0.410 e. The summed E-state index contributed by atoms with van der Waals surface area (Å²) in [7, 11) is -3.80. The molecule has 1 N–H and O–H groups in total. The molecule has 1 fully saturated rings. The van der Waals surface area contributed by atoms with Crippen molar-refractivity contribution in [3.05, 3.63) is 90.5 Å². The number of rotatable bonds is 7. The van der Waals surface area contributed by atoms with E-state index in [9.17, 15) is 13.2 Å². The van der Waals surface area contributed by atoms with E-state index in [0.717, 1.165) is 5.56 Å². The zero-order valence-corrected chi connectivity index (χ0v) is 19.4. The van der Waals surface area contributed by atoms with Gasteiger partial charge in [-0.1, -0.05) is 48.5 Å². The molecule has 2 atom stereocenters. The molecule has 0 aromatic heterocycles. The van der Waals surface area contributed by atoms with Crippen LogP contribution in [-0.2, 0) is 21.4 Å². The molecule has 1 heterocycles. The number of sulfonamides is 1. The number of carbonyl (C=O) groups excluding carboxylic acids is 1. The second-order valence-corrected chi connectivity index (χ2v) is 10.0. The zero-order valence-electron chi connectivity index (χ0n) is 17.7. The highest BCUT2D eigenvalue weighted by atomic mass is 32.2. The van der Waals surface area contributed by atoms with Gasteiger partial charge < -0.3 is 14.4 Å². The number of amides is 1. The Morgan fingerprint density at radius 2 is 1.52 bits per heavy atom. The SMILES string of the molecule is O=C(OCc1ccccc1)N1C[C@H](S)[C@H](NS(=O)(=O)c2ccc(Oc3ccccc3)cc2)C1. The summed E-state index contributed by atoms with van der Waals surface area (Å²) in [5.41, 5.74) is 0.879. The fourth-order valence-corrected chi connectivity index (χ4v) is 5.18. The van der Waals surface area contributed by atoms with Crippen molar-refractivity contribution in [2.45, 2.75) is 22.8 Å². The van der Waals surface area contributed by atoms with Gasteiger partial charge in [-0.05, 0) is 42.0 Å². The third kappa shape index (κ3) is 6.07. The van der Waals surface area contributed by atoms with Crippen LogP contribution in [0.1, 0.15) is 5.56 Å². The molecule has 1 aliphatic heterocycles. The van der Waals surface area contributed by atoms with Crippen molar-refractivity contribution >= 4 is 28.7 Å². The van der Waals surface area contributed by atoms with Crippen molar-refractivity contribution in [3.8, 4) is 11.5 Å². The fraction of sp³-hybridized carbons (Fsp3) is 0.208. The molecule has 0 unspecified atom stereocenters. The van der Waals surface area contributed by atoms with Gasteiger partial charge in [0.1, 0.15) is 18.1 Å². The molecule has 3 aromatic carbocycles. The van der Waals surface area contributed by atoms with E-state index >= 15 is 0 Å². The van der Waals surface area contributed by atoms with Crippen LogP contribution in [0.2, 0.25) is 0 Å². The zero-order chi connectivity index (χ0) is 23.3. The second kappa shape index (κ2) is 10.3. The predicted octanol–water partition coefficient (Wildman–Crippen LogP) is 4.08. The van der Waals surface area contributed by atoms with Crippen molar-refractivity contribution in [1.29, 1.82) is 0 Å². The second-order valence-electron chi connectivity index (χ2n) is 7.63. The standard InChI is InChI=1S/C24H24N2O5S2/c27-24(30-17-18-7-3-1-4-8-18)26-15-22(23(32)16-26)25-33(28,29)21-13-11-20(12-14-21)31-19-9-5-2-6-10-19/h1-14,22-23,25,32H,15-17H2/t22-,23+/m1/s1. The topological polar surface area (TPSA) is 84.9 Å². The van der Waals surface area contributed by atoms with Crippen LogP contribution in [0.25, 0.3) is 0 Å². The van der Waals surface area contributed by atoms with Gasteiger partial charge >= 0.3 is 6.09 Å². The first-order valence-electron chi connectivity index (χ1n) is 10.4. The predicted molar refractivity (Wildman–Crippen MR) is 128 cm³/mol. The average Bonchev–Trinajstić information content (AvgIpc) is 3.19. The van der Waals surface area contributed by atoms with E-state index in [-0.39, 0.29) is 29.8 Å². The van der Waals surface area contributed by atoms with Crippen LogP contribution in [0.15, 0.2) is 89.8 Å². The third-order valence-corrected chi connectivity index (χ3v) is 7.20. The number of likely N-dealkylation sites (tertiary alicyclic amines) is 1. The van der Waals surface area contributed by atoms with Crippen LogP contribution in [0.5, 0.6) is 11.5 Å². The molecule has 0 saturated carbocycles. The monoisotopic (exact) mass is 484 g/mol. The Bertz CT molecular complexity index is 1170. The van der Waals surface area contributed by atoms with Crippen LogP contribution in [-0.4, -0.2) is 43.8 Å². The van der Waals surface area contributed by atoms with Gasteiger partial charge in [-0.25, -0.2) is 17.9 Å². The minimum absolute atomic E-state index is 0.105. The largest absolute Gasteiger partial charge is 0.457 e. The van der Waals surface area contributed by atoms with E-state index in [1.54, 1.807) is 12.1 Å². The Labute approximate surface area is 198 Å². The van der Waals surface area contributed by atoms with E-state index in [1.807, 2.05) is 60.7 Å². The number of hydrogen-bond donors (Lipinski definition) is 2. The summed E-state index contributed by atoms with van der Waals surface area (Å²) in [4.78, 5) is 14.0. The highest BCUT2D eigenvalue weighted by Gasteiger charge is 2.36. The smallest absolute Gasteiger partial charge is 0.410 e. The number of carbonyl (C=O) groups is 1. The van der Waals surface area contributed by atoms with Gasteiger partial charge in [0.2, 0.25) is 10.0 Å². The van der Waals surface area contributed by atoms with E-state index in [0.29, 0.717) is 11.5 Å². The summed E-state index contributed by atoms with van der Waals surface area (Å²) in [5, 5.41) is -0.357. The van der Waals surface area contributed by atoms with Gasteiger partial charge in [-0.3, -0.25) is 0 Å². The molecule has 33 heavy (non-hydrogen) atoms. The van der Waals surface area contributed by atoms with Gasteiger partial charge in [0.05, 0.1) is 10.9 Å². The minimum Gasteiger partial charge on any atom is -0.457 e. The van der Waals surface area contributed by atoms with Crippen molar-refractivity contribution in [3.63, 3.8) is 0 Å². The van der Waals surface area contributed by atoms with Gasteiger partial charge in [-0.15, -0.1) is 0 Å². The van der Waals surface area contributed by atoms with Gasteiger partial charge in [0, 0.05) is 18.3 Å². The molecule has 7 nitrogen and oxygen atoms in total. The molecule has 0 radical (unpaired) electrons. The molecule has 0 aliphatic carbocycles. The van der Waals surface area contributed by atoms with Gasteiger partial charge in [-0.2, -0.15) is 12.6 Å². The molecule has 4 rings (SSSR count). The number of nitrogens with one attached hydrogen (secondary N) is 1. The van der Waals surface area contributed by atoms with E-state index < -0.39 is 22.2 Å². The summed E-state index contributed by atoms with van der Waals surface area (Å²) < 4.78 is 39.4. The molecule has 172 valence electrons. The number of para-hydroxylation sites is 1. The number of hydrogen-bond acceptors (Lipinski definition) is 6. The van der Waals surface area contributed by atoms with E-state index in [1.165, 1.54) is 17.0 Å². The van der Waals surface area contributed by atoms with Crippen LogP contribution >= 0.6 is 12.6 Å². The molecule has 1 saturated heterocycles. The lowest BCUT2D eigenvalue weighted by atomic mass is 10.2. The Kier molecular flexibility index (Phi) is 7.22. The summed E-state index contributed by atoms with van der Waals surface area (Å²) in [5.74, 6) is 1.19. The van der Waals surface area contributed by atoms with Crippen molar-refractivity contribution in [2.75, 3.05) is 13.1 Å². The highest BCUT2D eigenvalue weighted by molar-refractivity contribution is 7.89. The molecule has 0 spiro atoms. The average molecular weight is 485 g/mol. The van der Waals surface area contributed by atoms with Crippen molar-refractivity contribution in [1.82, 2.24) is 9.62 Å². The number of benzene rings is 3. The molecule has 0 bridgehead atoms. The number of nitrogens with zero attached hydrogens (tertiary/aromatic N) is 1. The van der Waals surface area contributed by atoms with Crippen molar-refractivity contribution in [2.24, 2.45) is 0 Å².